The Morgan fingerprint density at radius 3 is 3.00 bits per heavy atom. The lowest BCUT2D eigenvalue weighted by Gasteiger charge is -2.43. The van der Waals surface area contributed by atoms with Gasteiger partial charge in [0.1, 0.15) is 6.29 Å². The van der Waals surface area contributed by atoms with E-state index >= 15 is 0 Å². The highest BCUT2D eigenvalue weighted by Crippen LogP contribution is 2.39. The number of carbonyl (C=O) groups excluding carboxylic acids is 2. The lowest BCUT2D eigenvalue weighted by molar-refractivity contribution is -0.140. The first kappa shape index (κ1) is 7.86. The number of thioether (sulfide) groups is 1. The van der Waals surface area contributed by atoms with E-state index in [1.165, 1.54) is 0 Å². The quantitative estimate of drug-likeness (QED) is 0.445. The van der Waals surface area contributed by atoms with Gasteiger partial charge in [0.05, 0.1) is 18.3 Å². The minimum absolute atomic E-state index is 0.166. The molecule has 2 rings (SSSR count). The smallest absolute Gasteiger partial charge is 0.226 e. The summed E-state index contributed by atoms with van der Waals surface area (Å²) >= 11 is 1.63. The molecule has 1 atom stereocenters. The van der Waals surface area contributed by atoms with Crippen molar-refractivity contribution in [1.82, 2.24) is 4.90 Å². The third-order valence-electron chi connectivity index (χ3n) is 2.27. The number of β-lactam (4-membered cyclic amide) rings is 1. The van der Waals surface area contributed by atoms with E-state index in [1.807, 2.05) is 6.92 Å². The molecule has 2 aliphatic heterocycles. The molecule has 0 unspecified atom stereocenters. The minimum atomic E-state index is 0.166. The number of nitrogens with zero attached hydrogens (tertiary/aromatic N) is 1. The highest BCUT2D eigenvalue weighted by Gasteiger charge is 2.40. The van der Waals surface area contributed by atoms with Crippen LogP contribution in [-0.4, -0.2) is 29.0 Å². The summed E-state index contributed by atoms with van der Waals surface area (Å²) in [5, 5.41) is 0.307. The van der Waals surface area contributed by atoms with Crippen LogP contribution >= 0.6 is 11.8 Å². The van der Waals surface area contributed by atoms with E-state index in [1.54, 1.807) is 16.7 Å². The summed E-state index contributed by atoms with van der Waals surface area (Å²) in [6.07, 6.45) is 1.48. The number of carbonyl (C=O) groups is 2. The van der Waals surface area contributed by atoms with Crippen molar-refractivity contribution in [2.45, 2.75) is 18.7 Å². The number of amides is 1. The van der Waals surface area contributed by atoms with Gasteiger partial charge < -0.3 is 4.90 Å². The number of hydrogen-bond donors (Lipinski definition) is 0. The van der Waals surface area contributed by atoms with Gasteiger partial charge in [-0.15, -0.1) is 11.8 Å². The maximum absolute atomic E-state index is 11.0. The van der Waals surface area contributed by atoms with Crippen molar-refractivity contribution >= 4 is 24.0 Å². The van der Waals surface area contributed by atoms with E-state index in [0.717, 1.165) is 16.8 Å². The van der Waals surface area contributed by atoms with E-state index in [-0.39, 0.29) is 5.91 Å². The summed E-state index contributed by atoms with van der Waals surface area (Å²) in [6.45, 7) is 2.46. The molecule has 0 radical (unpaired) electrons. The second-order valence-electron chi connectivity index (χ2n) is 3.00. The van der Waals surface area contributed by atoms with Crippen LogP contribution in [0.25, 0.3) is 0 Å². The zero-order valence-corrected chi connectivity index (χ0v) is 7.56. The molecule has 2 heterocycles. The molecule has 3 nitrogen and oxygen atoms in total. The van der Waals surface area contributed by atoms with Gasteiger partial charge in [0.25, 0.3) is 0 Å². The Kier molecular flexibility index (Phi) is 1.72. The van der Waals surface area contributed by atoms with Crippen molar-refractivity contribution in [1.29, 1.82) is 0 Å². The van der Waals surface area contributed by atoms with Gasteiger partial charge in [-0.05, 0) is 11.8 Å². The van der Waals surface area contributed by atoms with Crippen LogP contribution in [-0.2, 0) is 9.59 Å². The second-order valence-corrected chi connectivity index (χ2v) is 4.39. The molecule has 2 aliphatic rings. The van der Waals surface area contributed by atoms with Gasteiger partial charge >= 0.3 is 0 Å². The highest BCUT2D eigenvalue weighted by molar-refractivity contribution is 8.03. The molecule has 1 amide bonds. The number of hydrogen-bond acceptors (Lipinski definition) is 3. The Bertz CT molecular complexity index is 285. The number of allylic oxidation sites excluding steroid dienone is 1. The van der Waals surface area contributed by atoms with Crippen molar-refractivity contribution in [3.63, 3.8) is 0 Å². The number of aldehydes is 1. The van der Waals surface area contributed by atoms with Crippen LogP contribution < -0.4 is 0 Å². The topological polar surface area (TPSA) is 37.4 Å². The maximum atomic E-state index is 11.0. The van der Waals surface area contributed by atoms with Gasteiger partial charge in [0.2, 0.25) is 5.91 Å². The molecule has 0 aromatic rings. The van der Waals surface area contributed by atoms with Crippen molar-refractivity contribution in [3.8, 4) is 0 Å². The van der Waals surface area contributed by atoms with Gasteiger partial charge in [-0.1, -0.05) is 0 Å². The monoisotopic (exact) mass is 183 g/mol. The number of fused-ring (bicyclic) bond motifs is 1. The third kappa shape index (κ3) is 0.982. The normalized spacial score (nSPS) is 28.2. The molecular weight excluding hydrogens is 174 g/mol. The molecule has 0 aromatic heterocycles. The molecule has 4 heteroatoms. The summed E-state index contributed by atoms with van der Waals surface area (Å²) in [5.41, 5.74) is 0.754. The van der Waals surface area contributed by atoms with Crippen LogP contribution in [0, 0.1) is 0 Å². The lowest BCUT2D eigenvalue weighted by atomic mass is 10.1. The van der Waals surface area contributed by atoms with Gasteiger partial charge in [-0.3, -0.25) is 9.59 Å². The summed E-state index contributed by atoms with van der Waals surface area (Å²) in [6, 6.07) is 0. The molecular formula is C8H9NO2S. The zero-order chi connectivity index (χ0) is 8.72. The summed E-state index contributed by atoms with van der Waals surface area (Å²) in [7, 11) is 0. The van der Waals surface area contributed by atoms with E-state index in [4.69, 9.17) is 0 Å². The average Bonchev–Trinajstić information content (AvgIpc) is 2.04. The van der Waals surface area contributed by atoms with Crippen LogP contribution in [0.5, 0.6) is 0 Å². The Morgan fingerprint density at radius 1 is 1.67 bits per heavy atom. The Hall–Kier alpha value is -0.770. The average molecular weight is 183 g/mol. The van der Waals surface area contributed by atoms with E-state index in [0.29, 0.717) is 18.3 Å². The fourth-order valence-corrected chi connectivity index (χ4v) is 2.63. The van der Waals surface area contributed by atoms with Gasteiger partial charge in [-0.2, -0.15) is 0 Å². The van der Waals surface area contributed by atoms with Crippen molar-refractivity contribution < 1.29 is 9.59 Å². The lowest BCUT2D eigenvalue weighted by Crippen LogP contribution is -2.53. The van der Waals surface area contributed by atoms with Crippen molar-refractivity contribution in [3.05, 3.63) is 10.5 Å². The highest BCUT2D eigenvalue weighted by atomic mass is 32.2. The molecule has 12 heavy (non-hydrogen) atoms. The Morgan fingerprint density at radius 2 is 2.42 bits per heavy atom. The van der Waals surface area contributed by atoms with Crippen LogP contribution in [0.3, 0.4) is 0 Å². The summed E-state index contributed by atoms with van der Waals surface area (Å²) in [4.78, 5) is 24.4. The largest absolute Gasteiger partial charge is 0.325 e. The molecule has 1 fully saturated rings. The van der Waals surface area contributed by atoms with Gasteiger partial charge in [-0.25, -0.2) is 0 Å². The van der Waals surface area contributed by atoms with Crippen LogP contribution in [0.15, 0.2) is 10.5 Å². The maximum Gasteiger partial charge on any atom is 0.226 e. The SMILES string of the molecule is CC1=C(C=O)CN2C(=O)C[C@H]2S1. The molecule has 0 saturated carbocycles. The van der Waals surface area contributed by atoms with Crippen LogP contribution in [0.1, 0.15) is 13.3 Å². The third-order valence-corrected chi connectivity index (χ3v) is 3.57. The first-order valence-electron chi connectivity index (χ1n) is 3.83. The second kappa shape index (κ2) is 2.62. The molecule has 0 bridgehead atoms. The predicted molar refractivity (Wildman–Crippen MR) is 46.5 cm³/mol. The standard InChI is InChI=1S/C8H9NO2S/c1-5-6(4-10)3-9-7(11)2-8(9)12-5/h4,8H,2-3H2,1H3/t8-/m1/s1. The molecule has 0 aromatic carbocycles. The van der Waals surface area contributed by atoms with Crippen molar-refractivity contribution in [2.75, 3.05) is 6.54 Å². The first-order chi connectivity index (χ1) is 5.72. The minimum Gasteiger partial charge on any atom is -0.325 e. The molecule has 0 aliphatic carbocycles. The molecule has 64 valence electrons. The van der Waals surface area contributed by atoms with Gasteiger partial charge in [0.15, 0.2) is 0 Å². The molecule has 1 saturated heterocycles. The molecule has 0 spiro atoms. The summed E-state index contributed by atoms with van der Waals surface area (Å²) in [5.74, 6) is 0.166. The zero-order valence-electron chi connectivity index (χ0n) is 6.74. The van der Waals surface area contributed by atoms with Crippen molar-refractivity contribution in [2.24, 2.45) is 0 Å². The fourth-order valence-electron chi connectivity index (χ4n) is 1.42. The Balaban J connectivity index is 2.21. The van der Waals surface area contributed by atoms with Crippen LogP contribution in [0.4, 0.5) is 0 Å². The first-order valence-corrected chi connectivity index (χ1v) is 4.71. The predicted octanol–water partition coefficient (Wildman–Crippen LogP) is 0.765. The van der Waals surface area contributed by atoms with E-state index < -0.39 is 0 Å². The fraction of sp³-hybridized carbons (Fsp3) is 0.500. The number of rotatable bonds is 1. The van der Waals surface area contributed by atoms with Crippen LogP contribution in [0.2, 0.25) is 0 Å². The van der Waals surface area contributed by atoms with E-state index in [2.05, 4.69) is 0 Å². The van der Waals surface area contributed by atoms with Gasteiger partial charge in [0, 0.05) is 5.57 Å². The Labute approximate surface area is 74.8 Å². The van der Waals surface area contributed by atoms with E-state index in [9.17, 15) is 9.59 Å². The summed E-state index contributed by atoms with van der Waals surface area (Å²) < 4.78 is 0. The molecule has 0 N–H and O–H groups in total.